The molecular weight excluding hydrogens is 346 g/mol. The zero-order valence-electron chi connectivity index (χ0n) is 15.5. The summed E-state index contributed by atoms with van der Waals surface area (Å²) >= 11 is 0. The first-order chi connectivity index (χ1) is 13.1. The van der Waals surface area contributed by atoms with Crippen LogP contribution in [0.15, 0.2) is 36.4 Å². The lowest BCUT2D eigenvalue weighted by molar-refractivity contribution is 0.102. The Balaban J connectivity index is 1.56. The summed E-state index contributed by atoms with van der Waals surface area (Å²) in [5.41, 5.74) is 1.60. The summed E-state index contributed by atoms with van der Waals surface area (Å²) in [5, 5.41) is 11.0. The number of nitrogens with zero attached hydrogens (tertiary/aromatic N) is 4. The van der Waals surface area contributed by atoms with Crippen LogP contribution in [0.1, 0.15) is 22.8 Å². The number of aromatic nitrogens is 2. The Labute approximate surface area is 158 Å². The predicted molar refractivity (Wildman–Crippen MR) is 102 cm³/mol. The fraction of sp³-hybridized carbons (Fsp3) is 0.368. The zero-order chi connectivity index (χ0) is 19.2. The van der Waals surface area contributed by atoms with Crippen molar-refractivity contribution in [3.8, 4) is 0 Å². The van der Waals surface area contributed by atoms with E-state index in [1.807, 2.05) is 31.2 Å². The lowest BCUT2D eigenvalue weighted by atomic mass is 10.1. The highest BCUT2D eigenvalue weighted by molar-refractivity contribution is 6.03. The van der Waals surface area contributed by atoms with Gasteiger partial charge in [0.05, 0.1) is 6.61 Å². The van der Waals surface area contributed by atoms with E-state index < -0.39 is 0 Å². The van der Waals surface area contributed by atoms with Gasteiger partial charge in [-0.1, -0.05) is 17.7 Å². The highest BCUT2D eigenvalue weighted by Crippen LogP contribution is 2.15. The molecule has 2 amide bonds. The van der Waals surface area contributed by atoms with Crippen LogP contribution in [-0.2, 0) is 4.74 Å². The van der Waals surface area contributed by atoms with Crippen molar-refractivity contribution in [2.45, 2.75) is 13.8 Å². The fourth-order valence-corrected chi connectivity index (χ4v) is 2.87. The Morgan fingerprint density at radius 3 is 2.52 bits per heavy atom. The number of carbonyl (C=O) groups is 2. The quantitative estimate of drug-likeness (QED) is 0.890. The van der Waals surface area contributed by atoms with Gasteiger partial charge >= 0.3 is 6.09 Å². The van der Waals surface area contributed by atoms with Crippen LogP contribution in [0, 0.1) is 6.92 Å². The van der Waals surface area contributed by atoms with Gasteiger partial charge in [-0.3, -0.25) is 4.79 Å². The normalized spacial score (nSPS) is 14.0. The van der Waals surface area contributed by atoms with Gasteiger partial charge in [0, 0.05) is 31.7 Å². The zero-order valence-corrected chi connectivity index (χ0v) is 15.5. The highest BCUT2D eigenvalue weighted by atomic mass is 16.6. The van der Waals surface area contributed by atoms with Crippen LogP contribution in [-0.4, -0.2) is 59.9 Å². The van der Waals surface area contributed by atoms with E-state index in [1.165, 1.54) is 0 Å². The number of benzene rings is 1. The average Bonchev–Trinajstić information content (AvgIpc) is 2.69. The molecule has 0 bridgehead atoms. The van der Waals surface area contributed by atoms with Crippen molar-refractivity contribution in [2.24, 2.45) is 0 Å². The maximum Gasteiger partial charge on any atom is 0.409 e. The molecule has 0 radical (unpaired) electrons. The number of nitrogens with one attached hydrogen (secondary N) is 1. The number of hydrogen-bond donors (Lipinski definition) is 1. The van der Waals surface area contributed by atoms with Gasteiger partial charge in [-0.15, -0.1) is 10.2 Å². The van der Waals surface area contributed by atoms with E-state index in [2.05, 4.69) is 20.4 Å². The summed E-state index contributed by atoms with van der Waals surface area (Å²) in [6.45, 7) is 6.57. The van der Waals surface area contributed by atoms with Crippen molar-refractivity contribution in [3.63, 3.8) is 0 Å². The standard InChI is InChI=1S/C19H23N5O3/c1-3-27-19(26)24-11-9-23(10-12-24)17-8-7-16(21-22-17)20-18(25)15-6-4-5-14(2)13-15/h4-8,13H,3,9-12H2,1-2H3,(H,20,21,25). The molecule has 0 aliphatic carbocycles. The van der Waals surface area contributed by atoms with Crippen LogP contribution in [0.25, 0.3) is 0 Å². The van der Waals surface area contributed by atoms with Gasteiger partial charge in [0.1, 0.15) is 0 Å². The van der Waals surface area contributed by atoms with Crippen molar-refractivity contribution >= 4 is 23.6 Å². The summed E-state index contributed by atoms with van der Waals surface area (Å²) in [4.78, 5) is 27.7. The lowest BCUT2D eigenvalue weighted by Crippen LogP contribution is -2.49. The number of anilines is 2. The Kier molecular flexibility index (Phi) is 5.85. The van der Waals surface area contributed by atoms with E-state index in [9.17, 15) is 9.59 Å². The van der Waals surface area contributed by atoms with Crippen LogP contribution in [0.5, 0.6) is 0 Å². The summed E-state index contributed by atoms with van der Waals surface area (Å²) in [7, 11) is 0. The smallest absolute Gasteiger partial charge is 0.409 e. The van der Waals surface area contributed by atoms with Crippen molar-refractivity contribution in [3.05, 3.63) is 47.5 Å². The van der Waals surface area contributed by atoms with Crippen LogP contribution in [0.3, 0.4) is 0 Å². The van der Waals surface area contributed by atoms with Gasteiger partial charge in [-0.2, -0.15) is 0 Å². The minimum Gasteiger partial charge on any atom is -0.450 e. The first-order valence-corrected chi connectivity index (χ1v) is 8.95. The van der Waals surface area contributed by atoms with Gasteiger partial charge in [-0.05, 0) is 38.1 Å². The third-order valence-corrected chi connectivity index (χ3v) is 4.30. The van der Waals surface area contributed by atoms with E-state index >= 15 is 0 Å². The fourth-order valence-electron chi connectivity index (χ4n) is 2.87. The maximum absolute atomic E-state index is 12.3. The number of ether oxygens (including phenoxy) is 1. The van der Waals surface area contributed by atoms with Crippen molar-refractivity contribution in [1.82, 2.24) is 15.1 Å². The van der Waals surface area contributed by atoms with E-state index in [0.717, 1.165) is 5.56 Å². The first kappa shape index (κ1) is 18.6. The van der Waals surface area contributed by atoms with Gasteiger partial charge in [0.15, 0.2) is 11.6 Å². The number of carbonyl (C=O) groups excluding carboxylic acids is 2. The second-order valence-corrected chi connectivity index (χ2v) is 6.27. The van der Waals surface area contributed by atoms with Crippen LogP contribution >= 0.6 is 0 Å². The number of rotatable bonds is 4. The first-order valence-electron chi connectivity index (χ1n) is 8.95. The molecule has 1 aromatic carbocycles. The molecule has 0 unspecified atom stereocenters. The summed E-state index contributed by atoms with van der Waals surface area (Å²) < 4.78 is 5.02. The minimum atomic E-state index is -0.280. The number of amides is 2. The van der Waals surface area contributed by atoms with Crippen LogP contribution in [0.4, 0.5) is 16.4 Å². The monoisotopic (exact) mass is 369 g/mol. The molecule has 1 saturated heterocycles. The number of piperazine rings is 1. The third-order valence-electron chi connectivity index (χ3n) is 4.30. The van der Waals surface area contributed by atoms with Gasteiger partial charge < -0.3 is 19.9 Å². The van der Waals surface area contributed by atoms with Gasteiger partial charge in [-0.25, -0.2) is 4.79 Å². The van der Waals surface area contributed by atoms with Crippen molar-refractivity contribution in [2.75, 3.05) is 43.0 Å². The van der Waals surface area contributed by atoms with Crippen LogP contribution < -0.4 is 10.2 Å². The van der Waals surface area contributed by atoms with Gasteiger partial charge in [0.2, 0.25) is 0 Å². The maximum atomic E-state index is 12.3. The molecule has 8 nitrogen and oxygen atoms in total. The molecule has 1 aliphatic heterocycles. The molecule has 1 aromatic heterocycles. The molecule has 3 rings (SSSR count). The topological polar surface area (TPSA) is 87.7 Å². The van der Waals surface area contributed by atoms with E-state index in [1.54, 1.807) is 24.0 Å². The largest absolute Gasteiger partial charge is 0.450 e. The minimum absolute atomic E-state index is 0.219. The summed E-state index contributed by atoms with van der Waals surface area (Å²) in [6.07, 6.45) is -0.280. The SMILES string of the molecule is CCOC(=O)N1CCN(c2ccc(NC(=O)c3cccc(C)c3)nn2)CC1. The Morgan fingerprint density at radius 2 is 1.89 bits per heavy atom. The molecule has 27 heavy (non-hydrogen) atoms. The van der Waals surface area contributed by atoms with Crippen molar-refractivity contribution in [1.29, 1.82) is 0 Å². The molecule has 142 valence electrons. The number of hydrogen-bond acceptors (Lipinski definition) is 6. The molecule has 8 heteroatoms. The Morgan fingerprint density at radius 1 is 1.11 bits per heavy atom. The molecular formula is C19H23N5O3. The van der Waals surface area contributed by atoms with Crippen LogP contribution in [0.2, 0.25) is 0 Å². The predicted octanol–water partition coefficient (Wildman–Crippen LogP) is 2.32. The molecule has 1 N–H and O–H groups in total. The van der Waals surface area contributed by atoms with Crippen molar-refractivity contribution < 1.29 is 14.3 Å². The average molecular weight is 369 g/mol. The Hall–Kier alpha value is -3.16. The molecule has 0 atom stereocenters. The lowest BCUT2D eigenvalue weighted by Gasteiger charge is -2.34. The van der Waals surface area contributed by atoms with E-state index in [-0.39, 0.29) is 12.0 Å². The molecule has 0 saturated carbocycles. The van der Waals surface area contributed by atoms with Gasteiger partial charge in [0.25, 0.3) is 5.91 Å². The van der Waals surface area contributed by atoms with E-state index in [0.29, 0.717) is 50.0 Å². The number of aryl methyl sites for hydroxylation is 1. The third kappa shape index (κ3) is 4.72. The second-order valence-electron chi connectivity index (χ2n) is 6.27. The Bertz CT molecular complexity index is 801. The molecule has 1 aliphatic rings. The van der Waals surface area contributed by atoms with E-state index in [4.69, 9.17) is 4.74 Å². The molecule has 2 heterocycles. The molecule has 2 aromatic rings. The highest BCUT2D eigenvalue weighted by Gasteiger charge is 2.22. The molecule has 1 fully saturated rings. The summed E-state index contributed by atoms with van der Waals surface area (Å²) in [6, 6.07) is 10.9. The summed E-state index contributed by atoms with van der Waals surface area (Å²) in [5.74, 6) is 0.895. The molecule has 0 spiro atoms. The second kappa shape index (κ2) is 8.48.